The highest BCUT2D eigenvalue weighted by atomic mass is 33.1. The summed E-state index contributed by atoms with van der Waals surface area (Å²) in [5.74, 6) is 3.03. The monoisotopic (exact) mass is 526 g/mol. The van der Waals surface area contributed by atoms with Crippen LogP contribution < -0.4 is 0 Å². The van der Waals surface area contributed by atoms with Gasteiger partial charge in [0.2, 0.25) is 0 Å². The molecule has 0 radical (unpaired) electrons. The lowest BCUT2D eigenvalue weighted by molar-refractivity contribution is 0.245. The van der Waals surface area contributed by atoms with Gasteiger partial charge in [0, 0.05) is 61.1 Å². The van der Waals surface area contributed by atoms with Gasteiger partial charge in [-0.25, -0.2) is 8.61 Å². The molecule has 3 aliphatic rings. The molecule has 2 aliphatic heterocycles. The fraction of sp³-hybridized carbons (Fsp3) is 0.900. The molecule has 10 heteroatoms. The van der Waals surface area contributed by atoms with Crippen molar-refractivity contribution in [3.05, 3.63) is 0 Å². The first-order valence-electron chi connectivity index (χ1n) is 11.1. The second-order valence-corrected chi connectivity index (χ2v) is 16.0. The number of carbonyl (C=O) groups is 2. The average molecular weight is 527 g/mol. The Balaban J connectivity index is 1.32. The molecule has 0 bridgehead atoms. The van der Waals surface area contributed by atoms with Crippen molar-refractivity contribution in [1.29, 1.82) is 0 Å². The lowest BCUT2D eigenvalue weighted by atomic mass is 9.77. The second kappa shape index (κ2) is 13.9. The molecule has 4 atom stereocenters. The zero-order valence-electron chi connectivity index (χ0n) is 18.0. The van der Waals surface area contributed by atoms with Gasteiger partial charge in [-0.05, 0) is 84.3 Å². The predicted octanol–water partition coefficient (Wildman–Crippen LogP) is 7.92. The van der Waals surface area contributed by atoms with Crippen LogP contribution in [-0.2, 0) is 0 Å². The summed E-state index contributed by atoms with van der Waals surface area (Å²) in [6.45, 7) is 8.89. The van der Waals surface area contributed by atoms with E-state index in [4.69, 9.17) is 0 Å². The summed E-state index contributed by atoms with van der Waals surface area (Å²) in [4.78, 5) is 24.5. The molecule has 0 aromatic carbocycles. The fourth-order valence-corrected chi connectivity index (χ4v) is 11.8. The topological polar surface area (TPSA) is 40.6 Å². The standard InChI is InChI=1S/C20H34N2O2S6/c1-15-7-8-17(13-18(15)28-30-20(24)27-22-11-5-6-12-22)16(2)14-25-29-19(23)26-21-9-3-4-10-21/h15-18H,3-14H2,1-2H3. The number of rotatable bonds is 8. The van der Waals surface area contributed by atoms with Crippen molar-refractivity contribution in [3.63, 3.8) is 0 Å². The summed E-state index contributed by atoms with van der Waals surface area (Å²) in [5.41, 5.74) is 0. The van der Waals surface area contributed by atoms with Gasteiger partial charge < -0.3 is 0 Å². The molecule has 0 aromatic rings. The van der Waals surface area contributed by atoms with Gasteiger partial charge in [0.05, 0.1) is 0 Å². The Morgan fingerprint density at radius 3 is 2.07 bits per heavy atom. The van der Waals surface area contributed by atoms with Crippen LogP contribution in [0.1, 0.15) is 58.8 Å². The Morgan fingerprint density at radius 1 is 0.900 bits per heavy atom. The van der Waals surface area contributed by atoms with Crippen molar-refractivity contribution < 1.29 is 9.59 Å². The minimum absolute atomic E-state index is 0.227. The maximum absolute atomic E-state index is 12.3. The fourth-order valence-electron chi connectivity index (χ4n) is 4.19. The first-order chi connectivity index (χ1) is 14.5. The van der Waals surface area contributed by atoms with Crippen LogP contribution in [0.4, 0.5) is 9.59 Å². The normalized spacial score (nSPS) is 29.3. The maximum Gasteiger partial charge on any atom is 0.271 e. The van der Waals surface area contributed by atoms with E-state index in [0.29, 0.717) is 23.0 Å². The average Bonchev–Trinajstić information content (AvgIpc) is 3.41. The molecule has 0 spiro atoms. The lowest BCUT2D eigenvalue weighted by Gasteiger charge is -2.36. The molecule has 3 fully saturated rings. The lowest BCUT2D eigenvalue weighted by Crippen LogP contribution is -2.29. The predicted molar refractivity (Wildman–Crippen MR) is 142 cm³/mol. The van der Waals surface area contributed by atoms with E-state index in [1.54, 1.807) is 10.8 Å². The van der Waals surface area contributed by atoms with E-state index in [-0.39, 0.29) is 8.89 Å². The smallest absolute Gasteiger partial charge is 0.271 e. The number of hydrogen-bond acceptors (Lipinski definition) is 10. The highest BCUT2D eigenvalue weighted by Gasteiger charge is 2.32. The van der Waals surface area contributed by atoms with E-state index in [1.807, 2.05) is 10.8 Å². The molecular formula is C20H34N2O2S6. The van der Waals surface area contributed by atoms with Gasteiger partial charge in [-0.3, -0.25) is 9.59 Å². The van der Waals surface area contributed by atoms with Gasteiger partial charge in [-0.2, -0.15) is 0 Å². The Hall–Kier alpha value is 1.36. The van der Waals surface area contributed by atoms with Crippen LogP contribution in [0.3, 0.4) is 0 Å². The Kier molecular flexibility index (Phi) is 12.1. The van der Waals surface area contributed by atoms with Crippen LogP contribution in [0.25, 0.3) is 0 Å². The third kappa shape index (κ3) is 8.95. The van der Waals surface area contributed by atoms with Crippen LogP contribution in [0.15, 0.2) is 0 Å². The molecule has 0 aromatic heterocycles. The van der Waals surface area contributed by atoms with Crippen LogP contribution in [0, 0.1) is 17.8 Å². The SMILES string of the molecule is CC(CSSC(=O)SN1CCCC1)C1CCC(C)C(SSC(=O)SN2CCCC2)C1. The highest BCUT2D eigenvalue weighted by Crippen LogP contribution is 2.46. The summed E-state index contributed by atoms with van der Waals surface area (Å²) in [5, 5.41) is 0.560. The van der Waals surface area contributed by atoms with E-state index in [9.17, 15) is 9.59 Å². The van der Waals surface area contributed by atoms with Gasteiger partial charge in [-0.1, -0.05) is 35.4 Å². The van der Waals surface area contributed by atoms with Crippen molar-refractivity contribution >= 4 is 76.0 Å². The van der Waals surface area contributed by atoms with Gasteiger partial charge in [0.15, 0.2) is 0 Å². The summed E-state index contributed by atoms with van der Waals surface area (Å²) in [7, 11) is 6.42. The number of nitrogens with zero attached hydrogens (tertiary/aromatic N) is 2. The van der Waals surface area contributed by atoms with Gasteiger partial charge >= 0.3 is 0 Å². The molecule has 2 heterocycles. The van der Waals surface area contributed by atoms with Crippen molar-refractivity contribution in [1.82, 2.24) is 8.61 Å². The summed E-state index contributed by atoms with van der Waals surface area (Å²) in [6, 6.07) is 0. The Morgan fingerprint density at radius 2 is 1.47 bits per heavy atom. The molecule has 3 rings (SSSR count). The van der Waals surface area contributed by atoms with E-state index >= 15 is 0 Å². The van der Waals surface area contributed by atoms with Gasteiger partial charge in [-0.15, -0.1) is 0 Å². The minimum Gasteiger partial charge on any atom is -0.272 e. The summed E-state index contributed by atoms with van der Waals surface area (Å²) >= 11 is 2.83. The molecule has 1 aliphatic carbocycles. The van der Waals surface area contributed by atoms with E-state index in [0.717, 1.165) is 31.9 Å². The number of carbonyl (C=O) groups excluding carboxylic acids is 2. The second-order valence-electron chi connectivity index (χ2n) is 8.57. The van der Waals surface area contributed by atoms with Gasteiger partial charge in [0.25, 0.3) is 8.89 Å². The number of hydrogen-bond donors (Lipinski definition) is 0. The molecule has 0 N–H and O–H groups in total. The molecule has 172 valence electrons. The highest BCUT2D eigenvalue weighted by molar-refractivity contribution is 8.86. The van der Waals surface area contributed by atoms with Crippen LogP contribution in [0.5, 0.6) is 0 Å². The first kappa shape index (κ1) is 26.0. The van der Waals surface area contributed by atoms with Crippen molar-refractivity contribution in [2.45, 2.75) is 64.0 Å². The van der Waals surface area contributed by atoms with Crippen LogP contribution in [-0.4, -0.2) is 54.7 Å². The first-order valence-corrected chi connectivity index (χ1v) is 17.2. The molecule has 1 saturated carbocycles. The van der Waals surface area contributed by atoms with Crippen molar-refractivity contribution in [2.75, 3.05) is 31.9 Å². The molecule has 4 unspecified atom stereocenters. The van der Waals surface area contributed by atoms with Crippen LogP contribution in [0.2, 0.25) is 0 Å². The summed E-state index contributed by atoms with van der Waals surface area (Å²) in [6.07, 6.45) is 8.60. The van der Waals surface area contributed by atoms with E-state index in [1.165, 1.54) is 90.4 Å². The molecule has 4 nitrogen and oxygen atoms in total. The molecule has 30 heavy (non-hydrogen) atoms. The van der Waals surface area contributed by atoms with Crippen LogP contribution >= 0.6 is 67.1 Å². The van der Waals surface area contributed by atoms with E-state index < -0.39 is 0 Å². The Labute approximate surface area is 206 Å². The minimum atomic E-state index is 0.227. The van der Waals surface area contributed by atoms with Gasteiger partial charge in [0.1, 0.15) is 0 Å². The Bertz CT molecular complexity index is 557. The maximum atomic E-state index is 12.3. The van der Waals surface area contributed by atoms with Crippen molar-refractivity contribution in [2.24, 2.45) is 17.8 Å². The largest absolute Gasteiger partial charge is 0.272 e. The van der Waals surface area contributed by atoms with E-state index in [2.05, 4.69) is 22.5 Å². The van der Waals surface area contributed by atoms with Crippen molar-refractivity contribution in [3.8, 4) is 0 Å². The molecule has 0 amide bonds. The zero-order chi connectivity index (χ0) is 21.3. The third-order valence-electron chi connectivity index (χ3n) is 6.20. The molecule has 2 saturated heterocycles. The zero-order valence-corrected chi connectivity index (χ0v) is 22.9. The molecular weight excluding hydrogens is 493 g/mol. The quantitative estimate of drug-likeness (QED) is 0.230. The summed E-state index contributed by atoms with van der Waals surface area (Å²) < 4.78 is 4.88. The third-order valence-corrected chi connectivity index (χ3v) is 14.1.